The fourth-order valence-corrected chi connectivity index (χ4v) is 2.50. The van der Waals surface area contributed by atoms with Crippen LogP contribution < -0.4 is 10.6 Å². The number of benzene rings is 1. The van der Waals surface area contributed by atoms with Gasteiger partial charge in [0.05, 0.1) is 0 Å². The summed E-state index contributed by atoms with van der Waals surface area (Å²) in [5.74, 6) is 0. The Bertz CT molecular complexity index is 350. The summed E-state index contributed by atoms with van der Waals surface area (Å²) in [5.41, 5.74) is 8.36. The summed E-state index contributed by atoms with van der Waals surface area (Å²) in [6.45, 7) is 8.49. The van der Waals surface area contributed by atoms with Gasteiger partial charge >= 0.3 is 0 Å². The van der Waals surface area contributed by atoms with Crippen LogP contribution in [0.5, 0.6) is 0 Å². The van der Waals surface area contributed by atoms with Crippen molar-refractivity contribution in [3.63, 3.8) is 0 Å². The third-order valence-corrected chi connectivity index (χ3v) is 3.35. The molecule has 0 atom stereocenters. The molecule has 2 nitrogen and oxygen atoms in total. The van der Waals surface area contributed by atoms with E-state index >= 15 is 0 Å². The lowest BCUT2D eigenvalue weighted by atomic mass is 10.1. The Morgan fingerprint density at radius 1 is 1.35 bits per heavy atom. The molecule has 0 radical (unpaired) electrons. The molecule has 1 aromatic carbocycles. The van der Waals surface area contributed by atoms with Crippen LogP contribution in [-0.2, 0) is 6.42 Å². The van der Waals surface area contributed by atoms with Crippen molar-refractivity contribution in [2.45, 2.75) is 39.7 Å². The summed E-state index contributed by atoms with van der Waals surface area (Å²) in [6.07, 6.45) is 2.10. The maximum absolute atomic E-state index is 5.70. The van der Waals surface area contributed by atoms with Crippen LogP contribution in [-0.4, -0.2) is 19.1 Å². The fourth-order valence-electron chi connectivity index (χ4n) is 2.09. The van der Waals surface area contributed by atoms with Gasteiger partial charge in [-0.15, -0.1) is 0 Å². The third kappa shape index (κ3) is 4.00. The van der Waals surface area contributed by atoms with E-state index in [1.165, 1.54) is 11.3 Å². The standard InChI is InChI=1S/C14H23BrN2/c1-4-9-17(11(2)3)14-6-5-13(15)10-12(14)7-8-16/h5-6,10-11H,4,7-9,16H2,1-3H3. The SMILES string of the molecule is CCCN(c1ccc(Br)cc1CCN)C(C)C. The Labute approximate surface area is 113 Å². The number of rotatable bonds is 6. The smallest absolute Gasteiger partial charge is 0.0402 e. The number of hydrogen-bond donors (Lipinski definition) is 1. The molecule has 17 heavy (non-hydrogen) atoms. The van der Waals surface area contributed by atoms with E-state index < -0.39 is 0 Å². The maximum Gasteiger partial charge on any atom is 0.0402 e. The highest BCUT2D eigenvalue weighted by Crippen LogP contribution is 2.26. The summed E-state index contributed by atoms with van der Waals surface area (Å²) < 4.78 is 1.13. The second-order valence-corrected chi connectivity index (χ2v) is 5.51. The molecule has 0 saturated heterocycles. The van der Waals surface area contributed by atoms with Crippen LogP contribution in [0.2, 0.25) is 0 Å². The summed E-state index contributed by atoms with van der Waals surface area (Å²) in [7, 11) is 0. The first-order valence-electron chi connectivity index (χ1n) is 6.35. The molecule has 0 aliphatic heterocycles. The van der Waals surface area contributed by atoms with Crippen molar-refractivity contribution in [3.8, 4) is 0 Å². The lowest BCUT2D eigenvalue weighted by Gasteiger charge is -2.31. The Kier molecular flexibility index (Phi) is 6.00. The molecule has 96 valence electrons. The van der Waals surface area contributed by atoms with Crippen LogP contribution in [0.15, 0.2) is 22.7 Å². The zero-order chi connectivity index (χ0) is 12.8. The van der Waals surface area contributed by atoms with Crippen molar-refractivity contribution in [2.75, 3.05) is 18.0 Å². The van der Waals surface area contributed by atoms with E-state index in [4.69, 9.17) is 5.73 Å². The molecule has 2 N–H and O–H groups in total. The van der Waals surface area contributed by atoms with Crippen LogP contribution in [0, 0.1) is 0 Å². The highest BCUT2D eigenvalue weighted by Gasteiger charge is 2.13. The van der Waals surface area contributed by atoms with Gasteiger partial charge in [-0.1, -0.05) is 22.9 Å². The van der Waals surface area contributed by atoms with Gasteiger partial charge in [0.1, 0.15) is 0 Å². The first kappa shape index (κ1) is 14.5. The number of nitrogens with zero attached hydrogens (tertiary/aromatic N) is 1. The molecule has 0 spiro atoms. The molecule has 0 heterocycles. The minimum absolute atomic E-state index is 0.521. The molecular weight excluding hydrogens is 276 g/mol. The van der Waals surface area contributed by atoms with E-state index in [1.54, 1.807) is 0 Å². The summed E-state index contributed by atoms with van der Waals surface area (Å²) >= 11 is 3.53. The van der Waals surface area contributed by atoms with Crippen molar-refractivity contribution in [1.29, 1.82) is 0 Å². The Balaban J connectivity index is 3.07. The van der Waals surface area contributed by atoms with Gasteiger partial charge in [-0.25, -0.2) is 0 Å². The summed E-state index contributed by atoms with van der Waals surface area (Å²) in [6, 6.07) is 7.02. The minimum atomic E-state index is 0.521. The minimum Gasteiger partial charge on any atom is -0.369 e. The Morgan fingerprint density at radius 3 is 2.59 bits per heavy atom. The number of anilines is 1. The molecule has 0 aliphatic rings. The van der Waals surface area contributed by atoms with Crippen molar-refractivity contribution in [2.24, 2.45) is 5.73 Å². The largest absolute Gasteiger partial charge is 0.369 e. The fraction of sp³-hybridized carbons (Fsp3) is 0.571. The molecule has 0 bridgehead atoms. The Hall–Kier alpha value is -0.540. The quantitative estimate of drug-likeness (QED) is 0.870. The zero-order valence-corrected chi connectivity index (χ0v) is 12.6. The van der Waals surface area contributed by atoms with Gasteiger partial charge in [0.25, 0.3) is 0 Å². The molecule has 0 saturated carbocycles. The normalized spacial score (nSPS) is 10.9. The number of nitrogens with two attached hydrogens (primary N) is 1. The predicted octanol–water partition coefficient (Wildman–Crippen LogP) is 3.58. The van der Waals surface area contributed by atoms with Crippen molar-refractivity contribution < 1.29 is 0 Å². The van der Waals surface area contributed by atoms with Crippen molar-refractivity contribution in [1.82, 2.24) is 0 Å². The molecule has 0 fully saturated rings. The van der Waals surface area contributed by atoms with Gasteiger partial charge in [-0.3, -0.25) is 0 Å². The molecule has 3 heteroatoms. The third-order valence-electron chi connectivity index (χ3n) is 2.85. The van der Waals surface area contributed by atoms with E-state index in [-0.39, 0.29) is 0 Å². The molecule has 0 aromatic heterocycles. The monoisotopic (exact) mass is 298 g/mol. The van der Waals surface area contributed by atoms with Crippen molar-refractivity contribution >= 4 is 21.6 Å². The van der Waals surface area contributed by atoms with E-state index in [1.807, 2.05) is 0 Å². The van der Waals surface area contributed by atoms with Gasteiger partial charge in [-0.05, 0) is 57.0 Å². The molecule has 0 aliphatic carbocycles. The van der Waals surface area contributed by atoms with Gasteiger partial charge in [0.2, 0.25) is 0 Å². The first-order chi connectivity index (χ1) is 8.10. The Morgan fingerprint density at radius 2 is 2.06 bits per heavy atom. The number of halogens is 1. The number of hydrogen-bond acceptors (Lipinski definition) is 2. The summed E-state index contributed by atoms with van der Waals surface area (Å²) in [4.78, 5) is 2.46. The van der Waals surface area contributed by atoms with Crippen LogP contribution in [0.25, 0.3) is 0 Å². The molecule has 0 amide bonds. The van der Waals surface area contributed by atoms with E-state index in [0.29, 0.717) is 12.6 Å². The molecule has 1 aromatic rings. The van der Waals surface area contributed by atoms with Gasteiger partial charge in [-0.2, -0.15) is 0 Å². The van der Waals surface area contributed by atoms with Crippen LogP contribution in [0.4, 0.5) is 5.69 Å². The van der Waals surface area contributed by atoms with E-state index in [2.05, 4.69) is 59.8 Å². The van der Waals surface area contributed by atoms with Crippen LogP contribution in [0.3, 0.4) is 0 Å². The summed E-state index contributed by atoms with van der Waals surface area (Å²) in [5, 5.41) is 0. The lowest BCUT2D eigenvalue weighted by molar-refractivity contribution is 0.667. The average Bonchev–Trinajstić information content (AvgIpc) is 2.27. The van der Waals surface area contributed by atoms with Crippen molar-refractivity contribution in [3.05, 3.63) is 28.2 Å². The topological polar surface area (TPSA) is 29.3 Å². The lowest BCUT2D eigenvalue weighted by Crippen LogP contribution is -2.32. The molecule has 1 rings (SSSR count). The van der Waals surface area contributed by atoms with Gasteiger partial charge in [0, 0.05) is 22.7 Å². The second kappa shape index (κ2) is 7.02. The van der Waals surface area contributed by atoms with Gasteiger partial charge < -0.3 is 10.6 Å². The average molecular weight is 299 g/mol. The highest BCUT2D eigenvalue weighted by molar-refractivity contribution is 9.10. The predicted molar refractivity (Wildman–Crippen MR) is 79.7 cm³/mol. The zero-order valence-electron chi connectivity index (χ0n) is 11.0. The van der Waals surface area contributed by atoms with Gasteiger partial charge in [0.15, 0.2) is 0 Å². The second-order valence-electron chi connectivity index (χ2n) is 4.60. The molecule has 0 unspecified atom stereocenters. The van der Waals surface area contributed by atoms with Crippen LogP contribution in [0.1, 0.15) is 32.8 Å². The van der Waals surface area contributed by atoms with E-state index in [9.17, 15) is 0 Å². The molecular formula is C14H23BrN2. The first-order valence-corrected chi connectivity index (χ1v) is 7.14. The highest BCUT2D eigenvalue weighted by atomic mass is 79.9. The van der Waals surface area contributed by atoms with E-state index in [0.717, 1.165) is 23.9 Å². The van der Waals surface area contributed by atoms with Crippen LogP contribution >= 0.6 is 15.9 Å². The maximum atomic E-state index is 5.70.